The third kappa shape index (κ3) is 26.9. The quantitative estimate of drug-likeness (QED) is 0.0253. The number of aromatic hydroxyl groups is 3. The van der Waals surface area contributed by atoms with Crippen molar-refractivity contribution in [1.29, 1.82) is 0 Å². The van der Waals surface area contributed by atoms with Gasteiger partial charge in [0.1, 0.15) is 34.1 Å². The molecule has 3 aliphatic heterocycles. The van der Waals surface area contributed by atoms with Gasteiger partial charge in [0.05, 0.1) is 67.4 Å². The summed E-state index contributed by atoms with van der Waals surface area (Å²) in [6, 6.07) is 86.7. The number of aromatic nitrogens is 1. The molecule has 0 bridgehead atoms. The Balaban J connectivity index is 0.000000155. The highest BCUT2D eigenvalue weighted by atomic mass is 16.6. The maximum atomic E-state index is 13.4. The van der Waals surface area contributed by atoms with E-state index in [0.29, 0.717) is 28.2 Å². The van der Waals surface area contributed by atoms with Gasteiger partial charge in [0.15, 0.2) is 0 Å². The summed E-state index contributed by atoms with van der Waals surface area (Å²) < 4.78 is 16.8. The smallest absolute Gasteiger partial charge is 0.340 e. The Kier molecular flexibility index (Phi) is 33.0. The van der Waals surface area contributed by atoms with Crippen LogP contribution in [0.1, 0.15) is 243 Å². The van der Waals surface area contributed by atoms with Gasteiger partial charge in [-0.1, -0.05) is 201 Å². The molecule has 0 spiro atoms. The Morgan fingerprint density at radius 3 is 0.993 bits per heavy atom. The van der Waals surface area contributed by atoms with Gasteiger partial charge in [0.2, 0.25) is 0 Å². The van der Waals surface area contributed by atoms with Crippen molar-refractivity contribution in [2.75, 3.05) is 55.0 Å². The second kappa shape index (κ2) is 45.4. The highest BCUT2D eigenvalue weighted by molar-refractivity contribution is 6.13. The van der Waals surface area contributed by atoms with Crippen LogP contribution in [0.5, 0.6) is 17.2 Å². The zero-order chi connectivity index (χ0) is 98.5. The number of carboxylic acids is 1. The number of aromatic carboxylic acids is 1. The zero-order valence-electron chi connectivity index (χ0n) is 80.1. The minimum Gasteiger partial charge on any atom is -0.507 e. The Morgan fingerprint density at radius 1 is 0.333 bits per heavy atom. The highest BCUT2D eigenvalue weighted by Gasteiger charge is 2.31. The monoisotopic (exact) mass is 1850 g/mol. The molecule has 23 nitrogen and oxygen atoms in total. The topological polar surface area (TPSA) is 325 Å². The molecule has 9 N–H and O–H groups in total. The Labute approximate surface area is 806 Å². The van der Waals surface area contributed by atoms with E-state index in [1.54, 1.807) is 121 Å². The summed E-state index contributed by atoms with van der Waals surface area (Å²) in [5.74, 6) is -4.87. The van der Waals surface area contributed by atoms with Gasteiger partial charge in [-0.25, -0.2) is 19.2 Å². The maximum Gasteiger partial charge on any atom is 0.340 e. The molecular weight excluding hydrogens is 1730 g/mol. The van der Waals surface area contributed by atoms with Gasteiger partial charge in [-0.3, -0.25) is 34.0 Å². The first kappa shape index (κ1) is 100. The van der Waals surface area contributed by atoms with Crippen molar-refractivity contribution in [3.8, 4) is 73.0 Å². The second-order valence-electron chi connectivity index (χ2n) is 37.7. The standard InChI is InChI=1S/C30H34N2O4.C30H28N2O3.C29H32N2O4.C26H26N2O4/c1-30(2,3)36-29(35)23-15-13-21(20-10-6-5-7-11-20)19-25(23)31-28(34)24-18-22(14-16-27(24)33)26-12-8-9-17-32(26)4;1-20-13-14-23(26-12-8-9-17-31-26)18-25(20)28(33)32-27-19-22(21-10-6-5-7-11-21)15-16-24(27)29(34)35-30(2,3)4;1-29(2,3)35-28(34)22-14-12-20(19-9-5-4-6-10-19)18-25(22)31-27(33)23-17-21(13-15-26(23)32)24-11-7-8-16-30-24;1-28-14-6-5-9-23(28)19-11-13-24(29)21(15-19)25(30)27-22-16-18(10-12-20(22)26(31)32)17-7-3-2-4-8-17/h5-7,10-11,13-16,18-19,26,33H,8-9,12,17H2,1-4H3,(H,31,34);5-19H,1-4H3,(H,32,33);4-6,9-10,12-15,17-18,24,30,32H,7-8,11,16H2,1-3H3,(H,31,33);2-4,7-8,10-13,15-16,23,29H,5-6,9,14H2,1H3,(H,27,30)(H,31,32). The van der Waals surface area contributed by atoms with Gasteiger partial charge in [-0.2, -0.15) is 0 Å². The van der Waals surface area contributed by atoms with Crippen LogP contribution in [0.25, 0.3) is 55.8 Å². The number of esters is 3. The predicted molar refractivity (Wildman–Crippen MR) is 544 cm³/mol. The largest absolute Gasteiger partial charge is 0.507 e. The van der Waals surface area contributed by atoms with Crippen LogP contribution in [0.2, 0.25) is 0 Å². The molecule has 1 aromatic heterocycles. The number of carbonyl (C=O) groups is 8. The van der Waals surface area contributed by atoms with Gasteiger partial charge in [-0.15, -0.1) is 0 Å². The summed E-state index contributed by atoms with van der Waals surface area (Å²) in [7, 11) is 4.14. The van der Waals surface area contributed by atoms with Crippen molar-refractivity contribution in [2.24, 2.45) is 0 Å². The molecule has 4 amide bonds. The fraction of sp³-hybridized carbons (Fsp3) is 0.261. The van der Waals surface area contributed by atoms with Gasteiger partial charge in [0.25, 0.3) is 23.6 Å². The Bertz CT molecular complexity index is 6530. The molecule has 138 heavy (non-hydrogen) atoms. The molecule has 3 fully saturated rings. The molecule has 4 heterocycles. The number of phenols is 3. The van der Waals surface area contributed by atoms with E-state index in [1.807, 2.05) is 228 Å². The molecule has 13 aromatic rings. The number of benzene rings is 12. The van der Waals surface area contributed by atoms with Crippen LogP contribution in [0.4, 0.5) is 22.7 Å². The number of amides is 4. The number of phenolic OH excluding ortho intramolecular Hbond substituents is 3. The number of aryl methyl sites for hydroxylation is 1. The van der Waals surface area contributed by atoms with E-state index in [-0.39, 0.29) is 80.3 Å². The minimum atomic E-state index is -1.14. The normalized spacial score (nSPS) is 14.9. The van der Waals surface area contributed by atoms with Crippen LogP contribution in [0, 0.1) is 6.92 Å². The SMILES string of the molecule is CC(C)(C)OC(=O)c1ccc(-c2ccccc2)cc1NC(=O)c1cc(C2CCCCN2)ccc1O.CN1CCCCC1c1ccc(O)c(C(=O)Nc2cc(-c3ccccc3)ccc2C(=O)O)c1.CN1CCCCC1c1ccc(O)c(C(=O)Nc2cc(-c3ccccc3)ccc2C(=O)OC(C)(C)C)c1.Cc1ccc(-c2ccccn2)cc1C(=O)Nc1cc(-c2ccccc2)ccc1C(=O)OC(C)(C)C. The molecule has 16 rings (SSSR count). The van der Waals surface area contributed by atoms with E-state index in [2.05, 4.69) is 55.5 Å². The first-order valence-electron chi connectivity index (χ1n) is 46.6. The number of pyridine rings is 1. The molecular formula is C115H120N8O15. The second-order valence-corrected chi connectivity index (χ2v) is 37.7. The van der Waals surface area contributed by atoms with Crippen molar-refractivity contribution < 1.29 is 73.0 Å². The van der Waals surface area contributed by atoms with Gasteiger partial charge in [-0.05, 0) is 311 Å². The fourth-order valence-corrected chi connectivity index (χ4v) is 16.8. The first-order valence-corrected chi connectivity index (χ1v) is 46.6. The molecule has 3 unspecified atom stereocenters. The molecule has 12 aromatic carbocycles. The molecule has 0 saturated carbocycles. The maximum absolute atomic E-state index is 13.4. The van der Waals surface area contributed by atoms with Crippen molar-refractivity contribution in [1.82, 2.24) is 20.1 Å². The third-order valence-electron chi connectivity index (χ3n) is 23.8. The summed E-state index contributed by atoms with van der Waals surface area (Å²) in [6.07, 6.45) is 11.5. The molecule has 0 aliphatic carbocycles. The Morgan fingerprint density at radius 2 is 0.659 bits per heavy atom. The first-order chi connectivity index (χ1) is 66.0. The zero-order valence-corrected chi connectivity index (χ0v) is 80.1. The molecule has 3 saturated heterocycles. The average molecular weight is 1850 g/mol. The molecule has 23 heteroatoms. The van der Waals surface area contributed by atoms with Gasteiger partial charge >= 0.3 is 23.9 Å². The summed E-state index contributed by atoms with van der Waals surface area (Å²) >= 11 is 0. The van der Waals surface area contributed by atoms with E-state index in [0.717, 1.165) is 155 Å². The minimum absolute atomic E-state index is 0.0133. The van der Waals surface area contributed by atoms with Crippen molar-refractivity contribution in [2.45, 2.75) is 162 Å². The van der Waals surface area contributed by atoms with Crippen LogP contribution >= 0.6 is 0 Å². The summed E-state index contributed by atoms with van der Waals surface area (Å²) in [5, 5.41) is 55.9. The molecule has 710 valence electrons. The summed E-state index contributed by atoms with van der Waals surface area (Å²) in [6.45, 7) is 21.0. The number of hydrogen-bond acceptors (Lipinski definition) is 18. The lowest BCUT2D eigenvalue weighted by Crippen LogP contribution is -2.29. The van der Waals surface area contributed by atoms with E-state index in [4.69, 9.17) is 14.2 Å². The third-order valence-corrected chi connectivity index (χ3v) is 23.8. The number of carboxylic acid groups (broad SMARTS) is 1. The highest BCUT2D eigenvalue weighted by Crippen LogP contribution is 2.40. The van der Waals surface area contributed by atoms with Crippen LogP contribution in [-0.4, -0.2) is 133 Å². The number of anilines is 4. The number of carbonyl (C=O) groups excluding carboxylic acids is 7. The molecule has 3 aliphatic rings. The number of hydrogen-bond donors (Lipinski definition) is 9. The van der Waals surface area contributed by atoms with Crippen LogP contribution in [0.3, 0.4) is 0 Å². The summed E-state index contributed by atoms with van der Waals surface area (Å²) in [4.78, 5) is 113. The van der Waals surface area contributed by atoms with Gasteiger partial charge in [0, 0.05) is 35.4 Å². The van der Waals surface area contributed by atoms with Crippen molar-refractivity contribution in [3.63, 3.8) is 0 Å². The fourth-order valence-electron chi connectivity index (χ4n) is 16.8. The lowest BCUT2D eigenvalue weighted by Gasteiger charge is -2.33. The van der Waals surface area contributed by atoms with Gasteiger partial charge < -0.3 is 61.2 Å². The number of nitrogens with one attached hydrogen (secondary N) is 5. The summed E-state index contributed by atoms with van der Waals surface area (Å²) in [5.41, 5.74) is 13.5. The van der Waals surface area contributed by atoms with Crippen molar-refractivity contribution >= 4 is 70.3 Å². The van der Waals surface area contributed by atoms with Crippen LogP contribution < -0.4 is 26.6 Å². The predicted octanol–water partition coefficient (Wildman–Crippen LogP) is 24.6. The number of piperidine rings is 3. The molecule has 3 atom stereocenters. The van der Waals surface area contributed by atoms with Crippen molar-refractivity contribution in [3.05, 3.63) is 358 Å². The lowest BCUT2D eigenvalue weighted by molar-refractivity contribution is 0.00580. The van der Waals surface area contributed by atoms with E-state index >= 15 is 0 Å². The Hall–Kier alpha value is -15.2. The van der Waals surface area contributed by atoms with E-state index in [1.165, 1.54) is 12.1 Å². The van der Waals surface area contributed by atoms with Crippen LogP contribution in [-0.2, 0) is 14.2 Å². The van der Waals surface area contributed by atoms with Crippen LogP contribution in [0.15, 0.2) is 291 Å². The molecule has 0 radical (unpaired) electrons. The number of nitrogens with zero attached hydrogens (tertiary/aromatic N) is 3. The van der Waals surface area contributed by atoms with E-state index < -0.39 is 58.4 Å². The van der Waals surface area contributed by atoms with E-state index in [9.17, 15) is 58.8 Å². The number of ether oxygens (including phenoxy) is 3. The number of likely N-dealkylation sites (tertiary alicyclic amines) is 2. The lowest BCUT2D eigenvalue weighted by atomic mass is 9.94. The number of rotatable bonds is 20. The average Bonchev–Trinajstić information content (AvgIpc) is 0.805.